The molecule has 5 aromatic carbocycles. The second-order valence-electron chi connectivity index (χ2n) is 27.6. The van der Waals surface area contributed by atoms with Crippen molar-refractivity contribution >= 4 is 125 Å². The quantitative estimate of drug-likeness (QED) is 0.0102. The van der Waals surface area contributed by atoms with Gasteiger partial charge in [0.25, 0.3) is 53.8 Å². The van der Waals surface area contributed by atoms with Crippen molar-refractivity contribution in [3.05, 3.63) is 263 Å². The lowest BCUT2D eigenvalue weighted by Crippen LogP contribution is -2.32. The predicted octanol–water partition coefficient (Wildman–Crippen LogP) is 5.39. The number of nitrogens with one attached hydrogen (secondary N) is 6. The molecule has 0 aliphatic carbocycles. The van der Waals surface area contributed by atoms with Crippen LogP contribution in [0.25, 0.3) is 56.6 Å². The molecule has 0 fully saturated rings. The lowest BCUT2D eigenvalue weighted by atomic mass is 10.1. The van der Waals surface area contributed by atoms with Crippen molar-refractivity contribution in [1.29, 1.82) is 0 Å². The van der Waals surface area contributed by atoms with Crippen LogP contribution >= 0.6 is 10.7 Å². The Balaban J connectivity index is 0.000000207. The highest BCUT2D eigenvalue weighted by molar-refractivity contribution is 8.13. The average Bonchev–Trinajstić information content (AvgIpc) is 1.66. The summed E-state index contributed by atoms with van der Waals surface area (Å²) >= 11 is 0. The van der Waals surface area contributed by atoms with Crippen LogP contribution in [0.4, 0.5) is 17.5 Å². The molecule has 56 heteroatoms. The van der Waals surface area contributed by atoms with Crippen LogP contribution in [0.5, 0.6) is 0 Å². The van der Waals surface area contributed by atoms with Gasteiger partial charge in [0.15, 0.2) is 78.5 Å². The number of ether oxygens (including phenoxy) is 3. The summed E-state index contributed by atoms with van der Waals surface area (Å²) in [4.78, 5) is 92.9. The molecule has 14 rings (SSSR count). The smallest absolute Gasteiger partial charge is 0.358 e. The highest BCUT2D eigenvalue weighted by atomic mass is 35.7. The monoisotopic (exact) mass is 2040 g/mol. The number of aromatic nitrogens is 13. The van der Waals surface area contributed by atoms with E-state index < -0.39 is 115 Å². The number of aromatic carboxylic acids is 1. The number of carbonyl (C=O) groups is 8. The third-order valence-electron chi connectivity index (χ3n) is 17.2. The van der Waals surface area contributed by atoms with Crippen LogP contribution in [0.3, 0.4) is 0 Å². The number of sulfone groups is 1. The van der Waals surface area contributed by atoms with Gasteiger partial charge in [-0.2, -0.15) is 23.7 Å². The predicted molar refractivity (Wildman–Crippen MR) is 496 cm³/mol. The van der Waals surface area contributed by atoms with Gasteiger partial charge in [-0.3, -0.25) is 33.9 Å². The molecule has 0 unspecified atom stereocenters. The first kappa shape index (κ1) is 108. The highest BCUT2D eigenvalue weighted by Gasteiger charge is 2.27. The van der Waals surface area contributed by atoms with E-state index in [1.165, 1.54) is 48.5 Å². The molecule has 0 aliphatic rings. The summed E-state index contributed by atoms with van der Waals surface area (Å²) in [6, 6.07) is 58.2. The number of H-pyrrole nitrogens is 2. The van der Waals surface area contributed by atoms with Gasteiger partial charge >= 0.3 is 23.9 Å². The number of rotatable bonds is 35. The van der Waals surface area contributed by atoms with Crippen molar-refractivity contribution in [3.63, 3.8) is 0 Å². The van der Waals surface area contributed by atoms with Crippen LogP contribution < -0.4 is 44.2 Å². The Morgan fingerprint density at radius 1 is 0.410 bits per heavy atom. The van der Waals surface area contributed by atoms with E-state index in [2.05, 4.69) is 82.4 Å². The molecule has 139 heavy (non-hydrogen) atoms. The molecule has 17 N–H and O–H groups in total. The third-order valence-corrected chi connectivity index (χ3v) is 23.8. The molecule has 0 saturated heterocycles. The lowest BCUT2D eigenvalue weighted by molar-refractivity contribution is 0.0510. The van der Waals surface area contributed by atoms with E-state index in [0.29, 0.717) is 43.6 Å². The number of benzene rings is 5. The molecule has 0 saturated carbocycles. The zero-order valence-corrected chi connectivity index (χ0v) is 78.2. The molecule has 9 aromatic heterocycles. The summed E-state index contributed by atoms with van der Waals surface area (Å²) in [6.07, 6.45) is 0. The first-order valence-electron chi connectivity index (χ1n) is 40.5. The van der Waals surface area contributed by atoms with Gasteiger partial charge in [-0.15, -0.1) is 13.3 Å². The Morgan fingerprint density at radius 3 is 1.06 bits per heavy atom. The maximum atomic E-state index is 12.4. The maximum absolute atomic E-state index is 12.4. The van der Waals surface area contributed by atoms with Gasteiger partial charge in [-0.05, 0) is 26.8 Å². The van der Waals surface area contributed by atoms with E-state index in [1.807, 2.05) is 140 Å². The fourth-order valence-corrected chi connectivity index (χ4v) is 15.1. The number of nitrogen functional groups attached to an aromatic ring is 3. The van der Waals surface area contributed by atoms with Gasteiger partial charge < -0.3 is 91.2 Å². The van der Waals surface area contributed by atoms with E-state index in [1.54, 1.807) is 32.9 Å². The molecule has 738 valence electrons. The summed E-state index contributed by atoms with van der Waals surface area (Å²) in [7, 11) is -13.9. The summed E-state index contributed by atoms with van der Waals surface area (Å²) in [5.74, 6) is -5.33. The van der Waals surface area contributed by atoms with Crippen molar-refractivity contribution < 1.29 is 132 Å². The van der Waals surface area contributed by atoms with Gasteiger partial charge in [0.05, 0.1) is 72.3 Å². The molecular weight excluding hydrogens is 1950 g/mol. The zero-order chi connectivity index (χ0) is 101. The number of carboxylic acids is 1. The van der Waals surface area contributed by atoms with Crippen LogP contribution in [-0.4, -0.2) is 250 Å². The molecule has 14 aromatic rings. The number of halogens is 1. The Labute approximate surface area is 795 Å². The van der Waals surface area contributed by atoms with Gasteiger partial charge in [0.1, 0.15) is 23.1 Å². The minimum atomic E-state index is -4.02. The molecule has 9 heterocycles. The number of aromatic amines is 2. The fourth-order valence-electron chi connectivity index (χ4n) is 10.8. The van der Waals surface area contributed by atoms with E-state index in [0.717, 1.165) is 33.9 Å². The van der Waals surface area contributed by atoms with E-state index >= 15 is 0 Å². The number of carboxylic acid groups (broad SMARTS) is 1. The topological polar surface area (TPSA) is 771 Å². The van der Waals surface area contributed by atoms with Crippen LogP contribution in [0.15, 0.2) is 229 Å². The minimum absolute atomic E-state index is 0.00875. The maximum Gasteiger partial charge on any atom is 0.358 e. The van der Waals surface area contributed by atoms with Gasteiger partial charge in [0, 0.05) is 120 Å². The number of aliphatic hydroxyl groups is 1. The van der Waals surface area contributed by atoms with Crippen molar-refractivity contribution in [2.45, 2.75) is 33.1 Å². The molecule has 4 amide bonds. The second-order valence-corrected chi connectivity index (χ2v) is 38.1. The summed E-state index contributed by atoms with van der Waals surface area (Å²) in [5.41, 5.74) is 25.7. The number of hydrogen-bond donors (Lipinski definition) is 13. The Bertz CT molecular complexity index is 7040. The van der Waals surface area contributed by atoms with E-state index in [9.17, 15) is 80.4 Å². The van der Waals surface area contributed by atoms with Crippen molar-refractivity contribution in [2.24, 2.45) is 5.73 Å². The first-order valence-corrected chi connectivity index (χ1v) is 49.6. The second kappa shape index (κ2) is 52.2. The first-order chi connectivity index (χ1) is 66.1. The third kappa shape index (κ3) is 35.4. The molecular formula is C83H90ClN21O29S5. The number of aliphatic hydroxyl groups excluding tert-OH is 1. The highest BCUT2D eigenvalue weighted by Crippen LogP contribution is 2.26. The molecule has 0 atom stereocenters. The Morgan fingerprint density at radius 2 is 0.748 bits per heavy atom. The van der Waals surface area contributed by atoms with Crippen LogP contribution in [0.1, 0.15) is 116 Å². The Kier molecular flexibility index (Phi) is 40.7. The normalized spacial score (nSPS) is 11.0. The van der Waals surface area contributed by atoms with Crippen LogP contribution in [0, 0.1) is 0 Å². The Hall–Kier alpha value is -15.9. The number of anilines is 3. The number of carbonyl (C=O) groups excluding carboxylic acids is 7. The standard InChI is InChI=1S/C19H20N4O6S.C18H19N5O6S.C16H17N5O5S.C12H11ClN2O4S.C10H7NO3.C6H9N3O2.C2H7NO3S/c1-2-28-19(25)16-10-14(21-22-16)12-30(26,27)9-8-20-18(24)15-11-17(29-23-15)13-6-4-3-5-7-13;1-2-28-18(25)14-11-16(19)23(21-14)30(26,27)9-8-20-17(24)13-10-15(29-22-13)12-6-4-3-5-7-12;17-15-8-12(10-22)19-21(15)27(24,25)7-6-18-16(23)13-9-14(26-20-13)11-4-2-1-3-5-11;13-20(17,18)7-6-14-12(16)10-8-11(19-15-10)9-4-2-1-3-5-9;12-10(13)8-6-9(14-11-8)7-4-2-1-3-5-7;1-2-11-6(10)4-3-5(7)9-8-4;3-1-2-7(4,5)6/h3-7,10-11H,2,8-9,12H2,1H3,(H,20,24)(H,21,22);3-7,10-11H,2,8-9,19H2,1H3,(H,20,24);1-5,8-9,22H,6-7,10,17H2,(H,18,23);1-5,8H,6-7H2,(H,14,16);1-6H,(H,12,13);3H,2H2,1H3,(H3,7,8,9);1-3H2,(H,4,5,6). The average molecular weight is 2040 g/mol. The summed E-state index contributed by atoms with van der Waals surface area (Å²) in [6.45, 7) is 4.58. The lowest BCUT2D eigenvalue weighted by Gasteiger charge is -2.06. The minimum Gasteiger partial charge on any atom is -0.476 e. The van der Waals surface area contributed by atoms with E-state index in [4.69, 9.17) is 80.5 Å². The number of amides is 4. The number of nitrogens with two attached hydrogens (primary N) is 4. The SMILES string of the molecule is CCOC(=O)c1cc(CS(=O)(=O)CCNC(=O)c2cc(-c3ccccc3)on2)[nH]n1.CCOC(=O)c1cc(N)n(S(=O)(=O)CCNC(=O)c2cc(-c3ccccc3)on2)n1.CCOC(=O)c1cc(N)n[nH]1.NCCS(=O)(=O)O.Nc1cc(CO)nn1S(=O)(=O)CCNC(=O)c1cc(-c2ccccc2)on1.O=C(NCCS(=O)(=O)Cl)c1cc(-c2ccccc2)on1.O=C(O)c1cc(-c2ccccc2)on1. The van der Waals surface area contributed by atoms with Crippen molar-refractivity contribution in [1.82, 2.24) is 85.8 Å². The van der Waals surface area contributed by atoms with Crippen LogP contribution in [-0.2, 0) is 75.6 Å². The number of esters is 3. The zero-order valence-electron chi connectivity index (χ0n) is 73.3. The molecule has 0 radical (unpaired) electrons. The van der Waals surface area contributed by atoms with Crippen molar-refractivity contribution in [3.8, 4) is 56.6 Å². The van der Waals surface area contributed by atoms with E-state index in [-0.39, 0.29) is 143 Å². The summed E-state index contributed by atoms with van der Waals surface area (Å²) in [5, 5.41) is 65.2. The fraction of sp³-hybridized carbons (Fsp3) is 0.217. The number of hydrogen-bond acceptors (Lipinski definition) is 40. The molecule has 0 aliphatic heterocycles. The molecule has 50 nitrogen and oxygen atoms in total. The summed E-state index contributed by atoms with van der Waals surface area (Å²) < 4.78 is 163. The molecule has 0 spiro atoms. The van der Waals surface area contributed by atoms with Crippen LogP contribution in [0.2, 0.25) is 0 Å². The van der Waals surface area contributed by atoms with Gasteiger partial charge in [-0.1, -0.05) is 177 Å². The van der Waals surface area contributed by atoms with Gasteiger partial charge in [-0.25, -0.2) is 52.8 Å². The van der Waals surface area contributed by atoms with Gasteiger partial charge in [0.2, 0.25) is 9.05 Å². The molecule has 0 bridgehead atoms. The van der Waals surface area contributed by atoms with Crippen molar-refractivity contribution in [2.75, 3.05) is 98.5 Å². The largest absolute Gasteiger partial charge is 0.476 e. The number of nitrogens with zero attached hydrogens (tertiary/aromatic N) is 11.